The fraction of sp³-hybridized carbons (Fsp3) is 0.500. The molecule has 0 saturated heterocycles. The summed E-state index contributed by atoms with van der Waals surface area (Å²) in [6.45, 7) is 0. The SMILES string of the molecule is CNC1CCCc2[nH]c(=O)ccc21. The predicted molar refractivity (Wildman–Crippen MR) is 51.8 cm³/mol. The molecule has 0 aromatic carbocycles. The van der Waals surface area contributed by atoms with Crippen molar-refractivity contribution < 1.29 is 0 Å². The minimum Gasteiger partial charge on any atom is -0.326 e. The van der Waals surface area contributed by atoms with Gasteiger partial charge in [-0.25, -0.2) is 0 Å². The van der Waals surface area contributed by atoms with Gasteiger partial charge in [-0.1, -0.05) is 6.07 Å². The Hall–Kier alpha value is -1.09. The maximum absolute atomic E-state index is 11.1. The van der Waals surface area contributed by atoms with E-state index in [2.05, 4.69) is 10.3 Å². The van der Waals surface area contributed by atoms with Crippen molar-refractivity contribution in [2.24, 2.45) is 0 Å². The van der Waals surface area contributed by atoms with Crippen molar-refractivity contribution in [1.82, 2.24) is 10.3 Å². The molecule has 2 N–H and O–H groups in total. The van der Waals surface area contributed by atoms with Gasteiger partial charge in [0.1, 0.15) is 0 Å². The average Bonchev–Trinajstić information content (AvgIpc) is 2.16. The van der Waals surface area contributed by atoms with Gasteiger partial charge in [0.2, 0.25) is 5.56 Å². The summed E-state index contributed by atoms with van der Waals surface area (Å²) >= 11 is 0. The number of fused-ring (bicyclic) bond motifs is 1. The van der Waals surface area contributed by atoms with Crippen molar-refractivity contribution in [2.75, 3.05) is 7.05 Å². The minimum atomic E-state index is 0.00973. The summed E-state index contributed by atoms with van der Waals surface area (Å²) in [4.78, 5) is 14.0. The third-order valence-corrected chi connectivity index (χ3v) is 2.68. The van der Waals surface area contributed by atoms with Gasteiger partial charge in [-0.3, -0.25) is 4.79 Å². The van der Waals surface area contributed by atoms with Crippen LogP contribution < -0.4 is 10.9 Å². The van der Waals surface area contributed by atoms with Crippen molar-refractivity contribution >= 4 is 0 Å². The lowest BCUT2D eigenvalue weighted by Gasteiger charge is -2.24. The lowest BCUT2D eigenvalue weighted by molar-refractivity contribution is 0.489. The fourth-order valence-electron chi connectivity index (χ4n) is 2.00. The van der Waals surface area contributed by atoms with E-state index in [1.807, 2.05) is 13.1 Å². The van der Waals surface area contributed by atoms with E-state index in [1.54, 1.807) is 6.07 Å². The van der Waals surface area contributed by atoms with Gasteiger partial charge >= 0.3 is 0 Å². The lowest BCUT2D eigenvalue weighted by atomic mass is 9.91. The Morgan fingerprint density at radius 1 is 1.54 bits per heavy atom. The Labute approximate surface area is 77.2 Å². The van der Waals surface area contributed by atoms with Crippen LogP contribution in [0.1, 0.15) is 30.1 Å². The Balaban J connectivity index is 2.46. The maximum Gasteiger partial charge on any atom is 0.248 e. The molecular formula is C10H14N2O. The zero-order valence-electron chi connectivity index (χ0n) is 7.76. The van der Waals surface area contributed by atoms with Crippen molar-refractivity contribution in [3.05, 3.63) is 33.7 Å². The lowest BCUT2D eigenvalue weighted by Crippen LogP contribution is -2.24. The molecule has 13 heavy (non-hydrogen) atoms. The van der Waals surface area contributed by atoms with Crippen LogP contribution in [0.3, 0.4) is 0 Å². The first kappa shape index (κ1) is 8.51. The van der Waals surface area contributed by atoms with Crippen LogP contribution in [-0.4, -0.2) is 12.0 Å². The smallest absolute Gasteiger partial charge is 0.248 e. The fourth-order valence-corrected chi connectivity index (χ4v) is 2.00. The summed E-state index contributed by atoms with van der Waals surface area (Å²) in [7, 11) is 1.96. The van der Waals surface area contributed by atoms with E-state index in [0.29, 0.717) is 6.04 Å². The summed E-state index contributed by atoms with van der Waals surface area (Å²) < 4.78 is 0. The van der Waals surface area contributed by atoms with Crippen LogP contribution >= 0.6 is 0 Å². The van der Waals surface area contributed by atoms with Crippen LogP contribution in [0.2, 0.25) is 0 Å². The molecule has 0 amide bonds. The van der Waals surface area contributed by atoms with Gasteiger partial charge in [-0.05, 0) is 31.9 Å². The molecule has 0 radical (unpaired) electrons. The second kappa shape index (κ2) is 3.34. The third-order valence-electron chi connectivity index (χ3n) is 2.68. The number of aromatic amines is 1. The van der Waals surface area contributed by atoms with Crippen LogP contribution in [0.25, 0.3) is 0 Å². The Bertz CT molecular complexity index is 356. The molecule has 0 bridgehead atoms. The molecule has 1 aliphatic rings. The van der Waals surface area contributed by atoms with E-state index < -0.39 is 0 Å². The van der Waals surface area contributed by atoms with E-state index in [0.717, 1.165) is 25.0 Å². The van der Waals surface area contributed by atoms with E-state index in [9.17, 15) is 4.79 Å². The number of hydrogen-bond acceptors (Lipinski definition) is 2. The minimum absolute atomic E-state index is 0.00973. The first-order chi connectivity index (χ1) is 6.31. The second-order valence-corrected chi connectivity index (χ2v) is 3.49. The van der Waals surface area contributed by atoms with Crippen LogP contribution in [0.4, 0.5) is 0 Å². The van der Waals surface area contributed by atoms with Gasteiger partial charge in [0.05, 0.1) is 0 Å². The Kier molecular flexibility index (Phi) is 2.19. The van der Waals surface area contributed by atoms with Crippen LogP contribution in [0.5, 0.6) is 0 Å². The molecule has 70 valence electrons. The zero-order chi connectivity index (χ0) is 9.26. The van der Waals surface area contributed by atoms with Crippen molar-refractivity contribution in [3.8, 4) is 0 Å². The van der Waals surface area contributed by atoms with Crippen molar-refractivity contribution in [3.63, 3.8) is 0 Å². The number of nitrogens with one attached hydrogen (secondary N) is 2. The molecule has 0 aliphatic heterocycles. The van der Waals surface area contributed by atoms with Gasteiger partial charge < -0.3 is 10.3 Å². The van der Waals surface area contributed by atoms with Crippen LogP contribution in [0, 0.1) is 0 Å². The predicted octanol–water partition coefficient (Wildman–Crippen LogP) is 0.972. The molecular weight excluding hydrogens is 164 g/mol. The molecule has 1 aliphatic carbocycles. The number of aromatic nitrogens is 1. The second-order valence-electron chi connectivity index (χ2n) is 3.49. The standard InChI is InChI=1S/C10H14N2O/c1-11-8-3-2-4-9-7(8)5-6-10(13)12-9/h5-6,8,11H,2-4H2,1H3,(H,12,13). The van der Waals surface area contributed by atoms with Crippen molar-refractivity contribution in [2.45, 2.75) is 25.3 Å². The highest BCUT2D eigenvalue weighted by atomic mass is 16.1. The summed E-state index contributed by atoms with van der Waals surface area (Å²) in [6, 6.07) is 3.96. The van der Waals surface area contributed by atoms with Gasteiger partial charge in [-0.2, -0.15) is 0 Å². The van der Waals surface area contributed by atoms with E-state index in [1.165, 1.54) is 5.56 Å². The van der Waals surface area contributed by atoms with Crippen LogP contribution in [-0.2, 0) is 6.42 Å². The molecule has 1 aromatic rings. The molecule has 3 heteroatoms. The summed E-state index contributed by atoms with van der Waals surface area (Å²) in [6.07, 6.45) is 3.32. The Morgan fingerprint density at radius 3 is 3.15 bits per heavy atom. The van der Waals surface area contributed by atoms with E-state index in [-0.39, 0.29) is 5.56 Å². The summed E-state index contributed by atoms with van der Waals surface area (Å²) in [5.41, 5.74) is 2.38. The number of hydrogen-bond donors (Lipinski definition) is 2. The highest BCUT2D eigenvalue weighted by molar-refractivity contribution is 5.25. The van der Waals surface area contributed by atoms with Gasteiger partial charge in [0.25, 0.3) is 0 Å². The molecule has 0 fully saturated rings. The van der Waals surface area contributed by atoms with E-state index >= 15 is 0 Å². The largest absolute Gasteiger partial charge is 0.326 e. The van der Waals surface area contributed by atoms with E-state index in [4.69, 9.17) is 0 Å². The topological polar surface area (TPSA) is 44.9 Å². The Morgan fingerprint density at radius 2 is 2.38 bits per heavy atom. The molecule has 2 rings (SSSR count). The van der Waals surface area contributed by atoms with Gasteiger partial charge in [0.15, 0.2) is 0 Å². The maximum atomic E-state index is 11.1. The van der Waals surface area contributed by atoms with Gasteiger partial charge in [0, 0.05) is 17.8 Å². The summed E-state index contributed by atoms with van der Waals surface area (Å²) in [5, 5.41) is 3.26. The average molecular weight is 178 g/mol. The number of rotatable bonds is 1. The zero-order valence-corrected chi connectivity index (χ0v) is 7.76. The highest BCUT2D eigenvalue weighted by Gasteiger charge is 2.18. The number of pyridine rings is 1. The van der Waals surface area contributed by atoms with Crippen molar-refractivity contribution in [1.29, 1.82) is 0 Å². The molecule has 3 nitrogen and oxygen atoms in total. The van der Waals surface area contributed by atoms with Gasteiger partial charge in [-0.15, -0.1) is 0 Å². The highest BCUT2D eigenvalue weighted by Crippen LogP contribution is 2.26. The monoisotopic (exact) mass is 178 g/mol. The molecule has 1 unspecified atom stereocenters. The van der Waals surface area contributed by atoms with Crippen LogP contribution in [0.15, 0.2) is 16.9 Å². The third kappa shape index (κ3) is 1.52. The normalized spacial score (nSPS) is 21.2. The molecule has 1 atom stereocenters. The first-order valence-corrected chi connectivity index (χ1v) is 4.70. The number of H-pyrrole nitrogens is 1. The molecule has 1 heterocycles. The molecule has 0 saturated carbocycles. The molecule has 0 spiro atoms. The first-order valence-electron chi connectivity index (χ1n) is 4.70. The molecule has 1 aromatic heterocycles. The number of aryl methyl sites for hydroxylation is 1. The quantitative estimate of drug-likeness (QED) is 0.673. The summed E-state index contributed by atoms with van der Waals surface area (Å²) in [5.74, 6) is 0.